The van der Waals surface area contributed by atoms with E-state index >= 15 is 0 Å². The first-order chi connectivity index (χ1) is 7.64. The van der Waals surface area contributed by atoms with Crippen molar-refractivity contribution in [2.45, 2.75) is 59.8 Å². The molecule has 0 aromatic rings. The zero-order valence-corrected chi connectivity index (χ0v) is 13.0. The first kappa shape index (κ1) is 16.8. The zero-order chi connectivity index (χ0) is 13.6. The molecule has 0 rings (SSSR count). The van der Waals surface area contributed by atoms with Crippen molar-refractivity contribution in [2.75, 3.05) is 0 Å². The van der Waals surface area contributed by atoms with Gasteiger partial charge in [0, 0.05) is 6.04 Å². The molecule has 0 fully saturated rings. The fraction of sp³-hybridized carbons (Fsp3) is 0.900. The second-order valence-electron chi connectivity index (χ2n) is 4.55. The summed E-state index contributed by atoms with van der Waals surface area (Å²) in [5, 5.41) is 5.82. The molecule has 0 saturated carbocycles. The standard InChI is InChI=1S/C10H23N2O3PS/c1-7(2)11-10(17)12-16(13,14-8(3)4)15-9(5)6/h7-9H,1-6H3,(H2,11,12,13,17). The average Bonchev–Trinajstić information content (AvgIpc) is 1.95. The lowest BCUT2D eigenvalue weighted by molar-refractivity contribution is 0.139. The van der Waals surface area contributed by atoms with Crippen molar-refractivity contribution in [3.63, 3.8) is 0 Å². The summed E-state index contributed by atoms with van der Waals surface area (Å²) in [4.78, 5) is 0. The topological polar surface area (TPSA) is 59.6 Å². The van der Waals surface area contributed by atoms with Crippen molar-refractivity contribution in [2.24, 2.45) is 0 Å². The highest BCUT2D eigenvalue weighted by atomic mass is 32.1. The van der Waals surface area contributed by atoms with Crippen molar-refractivity contribution in [1.82, 2.24) is 10.4 Å². The molecule has 0 unspecified atom stereocenters. The Morgan fingerprint density at radius 2 is 1.47 bits per heavy atom. The van der Waals surface area contributed by atoms with Gasteiger partial charge in [0.25, 0.3) is 0 Å². The van der Waals surface area contributed by atoms with Crippen LogP contribution in [0.25, 0.3) is 0 Å². The summed E-state index contributed by atoms with van der Waals surface area (Å²) in [7, 11) is -3.40. The minimum Gasteiger partial charge on any atom is -0.360 e. The van der Waals surface area contributed by atoms with Crippen LogP contribution in [0, 0.1) is 0 Å². The Morgan fingerprint density at radius 3 is 1.76 bits per heavy atom. The molecule has 5 nitrogen and oxygen atoms in total. The molecule has 0 radical (unpaired) electrons. The minimum absolute atomic E-state index is 0.154. The van der Waals surface area contributed by atoms with Gasteiger partial charge in [0.2, 0.25) is 0 Å². The van der Waals surface area contributed by atoms with E-state index in [4.69, 9.17) is 21.3 Å². The highest BCUT2D eigenvalue weighted by Gasteiger charge is 2.29. The molecule has 0 aliphatic carbocycles. The van der Waals surface area contributed by atoms with Gasteiger partial charge in [-0.3, -0.25) is 14.1 Å². The summed E-state index contributed by atoms with van der Waals surface area (Å²) < 4.78 is 22.9. The van der Waals surface area contributed by atoms with Crippen LogP contribution in [0.1, 0.15) is 41.5 Å². The second kappa shape index (κ2) is 7.31. The lowest BCUT2D eigenvalue weighted by atomic mass is 10.4. The van der Waals surface area contributed by atoms with Crippen LogP contribution in [-0.2, 0) is 13.6 Å². The first-order valence-electron chi connectivity index (χ1n) is 5.70. The number of nitrogens with one attached hydrogen (secondary N) is 2. The quantitative estimate of drug-likeness (QED) is 0.577. The van der Waals surface area contributed by atoms with Crippen LogP contribution in [0.2, 0.25) is 0 Å². The van der Waals surface area contributed by atoms with Crippen LogP contribution in [0.5, 0.6) is 0 Å². The lowest BCUT2D eigenvalue weighted by Crippen LogP contribution is -2.38. The Kier molecular flexibility index (Phi) is 7.24. The van der Waals surface area contributed by atoms with Crippen molar-refractivity contribution in [1.29, 1.82) is 0 Å². The molecule has 0 saturated heterocycles. The van der Waals surface area contributed by atoms with E-state index in [-0.39, 0.29) is 23.4 Å². The highest BCUT2D eigenvalue weighted by molar-refractivity contribution is 7.81. The summed E-state index contributed by atoms with van der Waals surface area (Å²) in [5.74, 6) is 0. The fourth-order valence-corrected chi connectivity index (χ4v) is 3.20. The molecular formula is C10H23N2O3PS. The van der Waals surface area contributed by atoms with Gasteiger partial charge < -0.3 is 5.32 Å². The molecule has 7 heteroatoms. The maximum atomic E-state index is 12.3. The summed E-state index contributed by atoms with van der Waals surface area (Å²) in [6.45, 7) is 11.0. The van der Waals surface area contributed by atoms with E-state index in [0.717, 1.165) is 0 Å². The maximum Gasteiger partial charge on any atom is 0.434 e. The summed E-state index contributed by atoms with van der Waals surface area (Å²) >= 11 is 5.03. The largest absolute Gasteiger partial charge is 0.434 e. The van der Waals surface area contributed by atoms with E-state index in [2.05, 4.69) is 10.4 Å². The molecule has 0 aliphatic heterocycles. The van der Waals surface area contributed by atoms with Gasteiger partial charge in [-0.25, -0.2) is 4.57 Å². The normalized spacial score (nSPS) is 12.3. The molecule has 2 N–H and O–H groups in total. The van der Waals surface area contributed by atoms with E-state index in [0.29, 0.717) is 0 Å². The van der Waals surface area contributed by atoms with Gasteiger partial charge in [0.05, 0.1) is 12.2 Å². The first-order valence-corrected chi connectivity index (χ1v) is 7.65. The molecule has 0 amide bonds. The third kappa shape index (κ3) is 8.55. The molecule has 102 valence electrons. The molecule has 0 spiro atoms. The van der Waals surface area contributed by atoms with Gasteiger partial charge in [0.15, 0.2) is 5.11 Å². The average molecular weight is 282 g/mol. The molecule has 0 aromatic heterocycles. The van der Waals surface area contributed by atoms with Gasteiger partial charge in [0.1, 0.15) is 0 Å². The maximum absolute atomic E-state index is 12.3. The van der Waals surface area contributed by atoms with E-state index in [1.165, 1.54) is 0 Å². The van der Waals surface area contributed by atoms with Crippen LogP contribution in [0.15, 0.2) is 0 Å². The van der Waals surface area contributed by atoms with Crippen LogP contribution in [0.3, 0.4) is 0 Å². The van der Waals surface area contributed by atoms with E-state index in [9.17, 15) is 4.57 Å². The van der Waals surface area contributed by atoms with Gasteiger partial charge in [-0.05, 0) is 53.8 Å². The molecule has 17 heavy (non-hydrogen) atoms. The van der Waals surface area contributed by atoms with Crippen LogP contribution in [0.4, 0.5) is 0 Å². The van der Waals surface area contributed by atoms with E-state index < -0.39 is 7.75 Å². The van der Waals surface area contributed by atoms with E-state index in [1.807, 2.05) is 13.8 Å². The van der Waals surface area contributed by atoms with Crippen molar-refractivity contribution < 1.29 is 13.6 Å². The Balaban J connectivity index is 4.58. The number of rotatable bonds is 6. The molecule has 0 heterocycles. The molecule has 0 aliphatic rings. The number of thiocarbonyl (C=S) groups is 1. The third-order valence-electron chi connectivity index (χ3n) is 1.36. The van der Waals surface area contributed by atoms with Crippen LogP contribution in [-0.4, -0.2) is 23.4 Å². The molecule has 0 atom stereocenters. The van der Waals surface area contributed by atoms with Gasteiger partial charge in [-0.2, -0.15) is 0 Å². The number of hydrogen-bond donors (Lipinski definition) is 2. The van der Waals surface area contributed by atoms with Gasteiger partial charge >= 0.3 is 7.75 Å². The Morgan fingerprint density at radius 1 is 1.06 bits per heavy atom. The monoisotopic (exact) mass is 282 g/mol. The SMILES string of the molecule is CC(C)NC(=S)NP(=O)(OC(C)C)OC(C)C. The molecular weight excluding hydrogens is 259 g/mol. The van der Waals surface area contributed by atoms with Gasteiger partial charge in [-0.1, -0.05) is 0 Å². The Labute approximate surface area is 109 Å². The third-order valence-corrected chi connectivity index (χ3v) is 3.62. The second-order valence-corrected chi connectivity index (χ2v) is 6.59. The summed E-state index contributed by atoms with van der Waals surface area (Å²) in [6, 6.07) is 0.154. The van der Waals surface area contributed by atoms with Gasteiger partial charge in [-0.15, -0.1) is 0 Å². The van der Waals surface area contributed by atoms with Crippen molar-refractivity contribution in [3.05, 3.63) is 0 Å². The summed E-state index contributed by atoms with van der Waals surface area (Å²) in [5.41, 5.74) is 0. The van der Waals surface area contributed by atoms with Crippen molar-refractivity contribution >= 4 is 25.1 Å². The number of hydrogen-bond acceptors (Lipinski definition) is 4. The van der Waals surface area contributed by atoms with E-state index in [1.54, 1.807) is 27.7 Å². The summed E-state index contributed by atoms with van der Waals surface area (Å²) in [6.07, 6.45) is -0.428. The zero-order valence-electron chi connectivity index (χ0n) is 11.3. The highest BCUT2D eigenvalue weighted by Crippen LogP contribution is 2.46. The van der Waals surface area contributed by atoms with Crippen LogP contribution < -0.4 is 10.4 Å². The smallest absolute Gasteiger partial charge is 0.360 e. The lowest BCUT2D eigenvalue weighted by Gasteiger charge is -2.24. The molecule has 0 bridgehead atoms. The predicted octanol–water partition coefficient (Wildman–Crippen LogP) is 2.82. The van der Waals surface area contributed by atoms with Crippen LogP contribution >= 0.6 is 20.0 Å². The Hall–Kier alpha value is -0.160. The molecule has 0 aromatic carbocycles. The predicted molar refractivity (Wildman–Crippen MR) is 74.1 cm³/mol. The van der Waals surface area contributed by atoms with Crippen molar-refractivity contribution in [3.8, 4) is 0 Å². The fourth-order valence-electron chi connectivity index (χ4n) is 1.05. The minimum atomic E-state index is -3.40. The Bertz CT molecular complexity index is 281.